The van der Waals surface area contributed by atoms with Crippen LogP contribution in [0.3, 0.4) is 0 Å². The van der Waals surface area contributed by atoms with E-state index in [9.17, 15) is 4.79 Å². The normalized spacial score (nSPS) is 10.5. The van der Waals surface area contributed by atoms with Gasteiger partial charge >= 0.3 is 0 Å². The van der Waals surface area contributed by atoms with Gasteiger partial charge in [-0.1, -0.05) is 18.2 Å². The van der Waals surface area contributed by atoms with Crippen molar-refractivity contribution >= 4 is 17.5 Å². The van der Waals surface area contributed by atoms with Gasteiger partial charge in [-0.2, -0.15) is 5.10 Å². The predicted molar refractivity (Wildman–Crippen MR) is 70.1 cm³/mol. The Morgan fingerprint density at radius 3 is 2.41 bits per heavy atom. The van der Waals surface area contributed by atoms with Gasteiger partial charge in [-0.15, -0.1) is 11.8 Å². The fraction of sp³-hybridized carbons (Fsp3) is 0.231. The van der Waals surface area contributed by atoms with Crippen molar-refractivity contribution < 1.29 is 4.79 Å². The maximum absolute atomic E-state index is 11.6. The summed E-state index contributed by atoms with van der Waals surface area (Å²) in [5, 5.41) is 5.27. The summed E-state index contributed by atoms with van der Waals surface area (Å²) in [6.45, 7) is 3.51. The van der Waals surface area contributed by atoms with Gasteiger partial charge < -0.3 is 0 Å². The molecule has 0 aliphatic heterocycles. The molecule has 1 aromatic heterocycles. The summed E-state index contributed by atoms with van der Waals surface area (Å²) in [5.41, 5.74) is 2.60. The van der Waals surface area contributed by atoms with E-state index in [4.69, 9.17) is 0 Å². The summed E-state index contributed by atoms with van der Waals surface area (Å²) in [4.78, 5) is 11.6. The molecule has 0 saturated carbocycles. The molecule has 0 spiro atoms. The zero-order valence-corrected chi connectivity index (χ0v) is 10.9. The molecule has 88 valence electrons. The van der Waals surface area contributed by atoms with Gasteiger partial charge in [0, 0.05) is 0 Å². The van der Waals surface area contributed by atoms with Crippen molar-refractivity contribution in [3.8, 4) is 5.69 Å². The number of para-hydroxylation sites is 1. The van der Waals surface area contributed by atoms with Crippen molar-refractivity contribution in [2.24, 2.45) is 0 Å². The van der Waals surface area contributed by atoms with E-state index in [1.807, 2.05) is 48.2 Å². The Hall–Kier alpha value is -1.55. The second-order valence-electron chi connectivity index (χ2n) is 3.77. The van der Waals surface area contributed by atoms with Crippen LogP contribution in [0.4, 0.5) is 0 Å². The maximum Gasteiger partial charge on any atom is 0.164 e. The van der Waals surface area contributed by atoms with Crippen LogP contribution in [0, 0.1) is 6.92 Å². The van der Waals surface area contributed by atoms with Crippen molar-refractivity contribution in [2.75, 3.05) is 6.26 Å². The van der Waals surface area contributed by atoms with E-state index in [0.29, 0.717) is 0 Å². The first-order valence-electron chi connectivity index (χ1n) is 5.35. The molecule has 0 unspecified atom stereocenters. The highest BCUT2D eigenvalue weighted by molar-refractivity contribution is 7.98. The van der Waals surface area contributed by atoms with Gasteiger partial charge in [-0.05, 0) is 32.2 Å². The van der Waals surface area contributed by atoms with Crippen LogP contribution in [-0.2, 0) is 0 Å². The summed E-state index contributed by atoms with van der Waals surface area (Å²) in [5.74, 6) is 0.0639. The van der Waals surface area contributed by atoms with Crippen molar-refractivity contribution in [1.82, 2.24) is 9.78 Å². The van der Waals surface area contributed by atoms with Gasteiger partial charge in [-0.25, -0.2) is 4.68 Å². The topological polar surface area (TPSA) is 34.9 Å². The number of nitrogens with zero attached hydrogens (tertiary/aromatic N) is 2. The highest BCUT2D eigenvalue weighted by Gasteiger charge is 2.18. The number of ketones is 1. The number of hydrogen-bond donors (Lipinski definition) is 0. The van der Waals surface area contributed by atoms with E-state index in [2.05, 4.69) is 5.10 Å². The Bertz CT molecular complexity index is 546. The molecule has 0 aliphatic rings. The number of rotatable bonds is 3. The molecular weight excluding hydrogens is 232 g/mol. The van der Waals surface area contributed by atoms with Crippen LogP contribution in [0.2, 0.25) is 0 Å². The standard InChI is InChI=1S/C13H14N2OS/c1-9-12(10(2)16)13(17-3)14-15(9)11-7-5-4-6-8-11/h4-8H,1-3H3. The highest BCUT2D eigenvalue weighted by Crippen LogP contribution is 2.25. The first-order chi connectivity index (χ1) is 8.15. The molecule has 0 bridgehead atoms. The zero-order valence-electron chi connectivity index (χ0n) is 10.1. The molecule has 0 saturated heterocycles. The van der Waals surface area contributed by atoms with Crippen LogP contribution in [0.15, 0.2) is 35.4 Å². The van der Waals surface area contributed by atoms with Crippen molar-refractivity contribution in [1.29, 1.82) is 0 Å². The third-order valence-corrected chi connectivity index (χ3v) is 3.30. The van der Waals surface area contributed by atoms with Gasteiger partial charge in [0.1, 0.15) is 5.03 Å². The van der Waals surface area contributed by atoms with Crippen LogP contribution >= 0.6 is 11.8 Å². The molecule has 2 aromatic rings. The first-order valence-corrected chi connectivity index (χ1v) is 6.57. The number of hydrogen-bond acceptors (Lipinski definition) is 3. The van der Waals surface area contributed by atoms with Crippen molar-refractivity contribution in [3.63, 3.8) is 0 Å². The summed E-state index contributed by atoms with van der Waals surface area (Å²) < 4.78 is 1.82. The lowest BCUT2D eigenvalue weighted by molar-refractivity contribution is 0.101. The fourth-order valence-electron chi connectivity index (χ4n) is 1.85. The van der Waals surface area contributed by atoms with Gasteiger partial charge in [0.05, 0.1) is 16.9 Å². The molecule has 17 heavy (non-hydrogen) atoms. The SMILES string of the molecule is CSc1nn(-c2ccccc2)c(C)c1C(C)=O. The van der Waals surface area contributed by atoms with E-state index in [-0.39, 0.29) is 5.78 Å². The second kappa shape index (κ2) is 4.75. The van der Waals surface area contributed by atoms with Gasteiger partial charge in [0.15, 0.2) is 5.78 Å². The molecule has 2 rings (SSSR count). The van der Waals surface area contributed by atoms with Crippen LogP contribution in [0.25, 0.3) is 5.69 Å². The molecule has 4 heteroatoms. The second-order valence-corrected chi connectivity index (χ2v) is 4.57. The average molecular weight is 246 g/mol. The molecule has 1 heterocycles. The molecule has 1 aromatic carbocycles. The van der Waals surface area contributed by atoms with Crippen LogP contribution in [0.1, 0.15) is 23.0 Å². The Balaban J connectivity index is 2.61. The Morgan fingerprint density at radius 1 is 1.29 bits per heavy atom. The summed E-state index contributed by atoms with van der Waals surface area (Å²) in [6.07, 6.45) is 1.93. The van der Waals surface area contributed by atoms with Crippen molar-refractivity contribution in [3.05, 3.63) is 41.6 Å². The van der Waals surface area contributed by atoms with E-state index in [0.717, 1.165) is 22.0 Å². The molecule has 3 nitrogen and oxygen atoms in total. The van der Waals surface area contributed by atoms with Crippen molar-refractivity contribution in [2.45, 2.75) is 18.9 Å². The minimum Gasteiger partial charge on any atom is -0.294 e. The van der Waals surface area contributed by atoms with Gasteiger partial charge in [-0.3, -0.25) is 4.79 Å². The molecule has 0 fully saturated rings. The smallest absolute Gasteiger partial charge is 0.164 e. The third kappa shape index (κ3) is 2.13. The lowest BCUT2D eigenvalue weighted by Gasteiger charge is -2.03. The zero-order chi connectivity index (χ0) is 12.4. The minimum atomic E-state index is 0.0639. The largest absolute Gasteiger partial charge is 0.294 e. The lowest BCUT2D eigenvalue weighted by Crippen LogP contribution is -2.00. The number of carbonyl (C=O) groups is 1. The lowest BCUT2D eigenvalue weighted by atomic mass is 10.2. The molecule has 0 aliphatic carbocycles. The van der Waals surface area contributed by atoms with E-state index >= 15 is 0 Å². The maximum atomic E-state index is 11.6. The Labute approximate surface area is 105 Å². The summed E-state index contributed by atoms with van der Waals surface area (Å²) >= 11 is 1.50. The number of thioether (sulfide) groups is 1. The average Bonchev–Trinajstić information content (AvgIpc) is 2.67. The van der Waals surface area contributed by atoms with E-state index in [1.54, 1.807) is 6.92 Å². The number of Topliss-reactive ketones (excluding diaryl/α,β-unsaturated/α-hetero) is 1. The summed E-state index contributed by atoms with van der Waals surface area (Å²) in [7, 11) is 0. The van der Waals surface area contributed by atoms with Gasteiger partial charge in [0.25, 0.3) is 0 Å². The molecule has 0 amide bonds. The monoisotopic (exact) mass is 246 g/mol. The van der Waals surface area contributed by atoms with Gasteiger partial charge in [0.2, 0.25) is 0 Å². The Kier molecular flexibility index (Phi) is 3.33. The number of aromatic nitrogens is 2. The van der Waals surface area contributed by atoms with Crippen LogP contribution < -0.4 is 0 Å². The predicted octanol–water partition coefficient (Wildman–Crippen LogP) is 3.11. The van der Waals surface area contributed by atoms with Crippen LogP contribution in [-0.4, -0.2) is 21.8 Å². The molecular formula is C13H14N2OS. The first kappa shape index (κ1) is 11.9. The molecule has 0 N–H and O–H groups in total. The van der Waals surface area contributed by atoms with Crippen LogP contribution in [0.5, 0.6) is 0 Å². The minimum absolute atomic E-state index is 0.0639. The van der Waals surface area contributed by atoms with E-state index < -0.39 is 0 Å². The number of benzene rings is 1. The quantitative estimate of drug-likeness (QED) is 0.616. The molecule has 0 atom stereocenters. The fourth-order valence-corrected chi connectivity index (χ4v) is 2.50. The summed E-state index contributed by atoms with van der Waals surface area (Å²) in [6, 6.07) is 9.84. The van der Waals surface area contributed by atoms with E-state index in [1.165, 1.54) is 11.8 Å². The number of carbonyl (C=O) groups excluding carboxylic acids is 1. The molecule has 0 radical (unpaired) electrons. The highest BCUT2D eigenvalue weighted by atomic mass is 32.2. The Morgan fingerprint density at radius 2 is 1.94 bits per heavy atom. The third-order valence-electron chi connectivity index (χ3n) is 2.63.